The molecule has 1 rings (SSSR count). The van der Waals surface area contributed by atoms with E-state index in [2.05, 4.69) is 0 Å². The zero-order valence-electron chi connectivity index (χ0n) is 8.04. The Morgan fingerprint density at radius 3 is 2.67 bits per heavy atom. The van der Waals surface area contributed by atoms with Crippen molar-refractivity contribution >= 4 is 5.97 Å². The molecule has 5 heteroatoms. The summed E-state index contributed by atoms with van der Waals surface area (Å²) in [4.78, 5) is 10.6. The van der Waals surface area contributed by atoms with E-state index in [1.165, 1.54) is 0 Å². The summed E-state index contributed by atoms with van der Waals surface area (Å²) in [6.45, 7) is 1.60. The van der Waals surface area contributed by atoms with Gasteiger partial charge in [-0.2, -0.15) is 0 Å². The second kappa shape index (κ2) is 4.72. The predicted octanol–water partition coefficient (Wildman–Crippen LogP) is 2.21. The lowest BCUT2D eigenvalue weighted by molar-refractivity contribution is -0.145. The summed E-state index contributed by atoms with van der Waals surface area (Å²) in [5, 5.41) is 8.66. The number of hydrogen-bond acceptors (Lipinski definition) is 2. The Balaban J connectivity index is 2.84. The largest absolute Gasteiger partial charge is 0.479 e. The first kappa shape index (κ1) is 11.4. The third-order valence-electron chi connectivity index (χ3n) is 1.81. The first-order chi connectivity index (χ1) is 7.04. The van der Waals surface area contributed by atoms with Crippen LogP contribution in [0.4, 0.5) is 8.78 Å². The molecule has 0 saturated heterocycles. The maximum atomic E-state index is 13.1. The van der Waals surface area contributed by atoms with Gasteiger partial charge in [-0.25, -0.2) is 13.6 Å². The average Bonchev–Trinajstić information content (AvgIpc) is 2.16. The molecule has 0 unspecified atom stereocenters. The minimum atomic E-state index is -1.18. The molecule has 0 aromatic heterocycles. The molecule has 0 saturated carbocycles. The number of benzene rings is 1. The minimum Gasteiger partial charge on any atom is -0.479 e. The predicted molar refractivity (Wildman–Crippen MR) is 48.7 cm³/mol. The Morgan fingerprint density at radius 1 is 1.53 bits per heavy atom. The molecule has 1 N–H and O–H groups in total. The van der Waals surface area contributed by atoms with Crippen LogP contribution in [0, 0.1) is 11.6 Å². The Labute approximate surface area is 85.3 Å². The van der Waals surface area contributed by atoms with Gasteiger partial charge < -0.3 is 9.84 Å². The van der Waals surface area contributed by atoms with E-state index >= 15 is 0 Å². The zero-order valence-corrected chi connectivity index (χ0v) is 8.04. The second-order valence-electron chi connectivity index (χ2n) is 2.93. The highest BCUT2D eigenvalue weighted by atomic mass is 19.1. The number of aliphatic carboxylic acids is 1. The van der Waals surface area contributed by atoms with E-state index in [0.717, 1.165) is 12.1 Å². The number of hydrogen-bond donors (Lipinski definition) is 1. The maximum Gasteiger partial charge on any atom is 0.344 e. The molecule has 0 amide bonds. The molecule has 0 radical (unpaired) electrons. The van der Waals surface area contributed by atoms with Crippen LogP contribution in [0.1, 0.15) is 13.3 Å². The molecule has 1 aromatic rings. The summed E-state index contributed by atoms with van der Waals surface area (Å²) in [7, 11) is 0. The van der Waals surface area contributed by atoms with Crippen LogP contribution in [0.2, 0.25) is 0 Å². The molecule has 3 nitrogen and oxygen atoms in total. The number of carboxylic acid groups (broad SMARTS) is 1. The molecule has 0 aliphatic heterocycles. The van der Waals surface area contributed by atoms with Crippen molar-refractivity contribution in [3.8, 4) is 5.75 Å². The van der Waals surface area contributed by atoms with Gasteiger partial charge in [-0.15, -0.1) is 0 Å². The molecule has 0 aliphatic rings. The number of rotatable bonds is 4. The maximum absolute atomic E-state index is 13.1. The van der Waals surface area contributed by atoms with Crippen molar-refractivity contribution in [1.82, 2.24) is 0 Å². The summed E-state index contributed by atoms with van der Waals surface area (Å²) < 4.78 is 30.4. The quantitative estimate of drug-likeness (QED) is 0.839. The standard InChI is InChI=1S/C10H10F2O3/c1-2-8(10(13)14)15-9-4-3-6(11)5-7(9)12/h3-5,8H,2H2,1H3,(H,13,14)/t8-/m1/s1. The zero-order chi connectivity index (χ0) is 11.4. The van der Waals surface area contributed by atoms with Crippen molar-refractivity contribution in [2.24, 2.45) is 0 Å². The van der Waals surface area contributed by atoms with Crippen molar-refractivity contribution in [3.05, 3.63) is 29.8 Å². The summed E-state index contributed by atoms with van der Waals surface area (Å²) in [6.07, 6.45) is -0.920. The molecular weight excluding hydrogens is 206 g/mol. The van der Waals surface area contributed by atoms with E-state index in [9.17, 15) is 13.6 Å². The first-order valence-electron chi connectivity index (χ1n) is 4.39. The Bertz CT molecular complexity index is 366. The molecule has 0 spiro atoms. The van der Waals surface area contributed by atoms with Crippen LogP contribution in [-0.2, 0) is 4.79 Å². The fourth-order valence-corrected chi connectivity index (χ4v) is 1.03. The summed E-state index contributed by atoms with van der Waals surface area (Å²) >= 11 is 0. The third-order valence-corrected chi connectivity index (χ3v) is 1.81. The lowest BCUT2D eigenvalue weighted by Crippen LogP contribution is -2.26. The molecule has 1 aromatic carbocycles. The van der Waals surface area contributed by atoms with Crippen LogP contribution in [0.5, 0.6) is 5.75 Å². The van der Waals surface area contributed by atoms with Crippen molar-refractivity contribution in [2.45, 2.75) is 19.4 Å². The third kappa shape index (κ3) is 2.90. The number of carboxylic acids is 1. The van der Waals surface area contributed by atoms with Crippen molar-refractivity contribution in [2.75, 3.05) is 0 Å². The van der Waals surface area contributed by atoms with Crippen LogP contribution in [-0.4, -0.2) is 17.2 Å². The van der Waals surface area contributed by atoms with Crippen LogP contribution in [0.15, 0.2) is 18.2 Å². The average molecular weight is 216 g/mol. The smallest absolute Gasteiger partial charge is 0.344 e. The van der Waals surface area contributed by atoms with Crippen LogP contribution >= 0.6 is 0 Å². The lowest BCUT2D eigenvalue weighted by atomic mass is 10.2. The van der Waals surface area contributed by atoms with E-state index in [1.54, 1.807) is 6.92 Å². The Hall–Kier alpha value is -1.65. The Morgan fingerprint density at radius 2 is 2.20 bits per heavy atom. The number of ether oxygens (including phenoxy) is 1. The van der Waals surface area contributed by atoms with Gasteiger partial charge in [0.05, 0.1) is 0 Å². The molecule has 0 bridgehead atoms. The van der Waals surface area contributed by atoms with Crippen LogP contribution in [0.25, 0.3) is 0 Å². The summed E-state index contributed by atoms with van der Waals surface area (Å²) in [5.74, 6) is -3.08. The highest BCUT2D eigenvalue weighted by Gasteiger charge is 2.18. The molecule has 1 atom stereocenters. The fraction of sp³-hybridized carbons (Fsp3) is 0.300. The van der Waals surface area contributed by atoms with E-state index in [-0.39, 0.29) is 12.2 Å². The monoisotopic (exact) mass is 216 g/mol. The Kier molecular flexibility index (Phi) is 3.60. The summed E-state index contributed by atoms with van der Waals surface area (Å²) in [6, 6.07) is 2.72. The number of carbonyl (C=O) groups is 1. The SMILES string of the molecule is CC[C@@H](Oc1ccc(F)cc1F)C(=O)O. The second-order valence-corrected chi connectivity index (χ2v) is 2.93. The van der Waals surface area contributed by atoms with Gasteiger partial charge >= 0.3 is 5.97 Å². The first-order valence-corrected chi connectivity index (χ1v) is 4.39. The van der Waals surface area contributed by atoms with E-state index in [1.807, 2.05) is 0 Å². The van der Waals surface area contributed by atoms with Crippen molar-refractivity contribution in [1.29, 1.82) is 0 Å². The molecule has 0 aliphatic carbocycles. The fourth-order valence-electron chi connectivity index (χ4n) is 1.03. The molecule has 0 fully saturated rings. The lowest BCUT2D eigenvalue weighted by Gasteiger charge is -2.13. The van der Waals surface area contributed by atoms with Crippen molar-refractivity contribution < 1.29 is 23.4 Å². The van der Waals surface area contributed by atoms with Gasteiger partial charge in [0, 0.05) is 6.07 Å². The molecule has 0 heterocycles. The molecular formula is C10H10F2O3. The van der Waals surface area contributed by atoms with E-state index in [0.29, 0.717) is 6.07 Å². The highest BCUT2D eigenvalue weighted by molar-refractivity contribution is 5.72. The molecule has 15 heavy (non-hydrogen) atoms. The van der Waals surface area contributed by atoms with Gasteiger partial charge in [0.25, 0.3) is 0 Å². The van der Waals surface area contributed by atoms with Gasteiger partial charge in [-0.1, -0.05) is 6.92 Å². The molecule has 82 valence electrons. The normalized spacial score (nSPS) is 12.2. The van der Waals surface area contributed by atoms with Gasteiger partial charge in [-0.3, -0.25) is 0 Å². The number of halogens is 2. The van der Waals surface area contributed by atoms with Crippen molar-refractivity contribution in [3.63, 3.8) is 0 Å². The van der Waals surface area contributed by atoms with Gasteiger partial charge in [-0.05, 0) is 18.6 Å². The van der Waals surface area contributed by atoms with Crippen LogP contribution < -0.4 is 4.74 Å². The van der Waals surface area contributed by atoms with E-state index in [4.69, 9.17) is 9.84 Å². The summed E-state index contributed by atoms with van der Waals surface area (Å²) in [5.41, 5.74) is 0. The highest BCUT2D eigenvalue weighted by Crippen LogP contribution is 2.19. The van der Waals surface area contributed by atoms with Crippen LogP contribution in [0.3, 0.4) is 0 Å². The van der Waals surface area contributed by atoms with E-state index < -0.39 is 23.7 Å². The van der Waals surface area contributed by atoms with Gasteiger partial charge in [0.2, 0.25) is 0 Å². The van der Waals surface area contributed by atoms with Gasteiger partial charge in [0.1, 0.15) is 5.82 Å². The topological polar surface area (TPSA) is 46.5 Å². The van der Waals surface area contributed by atoms with Gasteiger partial charge in [0.15, 0.2) is 17.7 Å². The minimum absolute atomic E-state index is 0.201.